The van der Waals surface area contributed by atoms with Gasteiger partial charge in [-0.2, -0.15) is 4.99 Å². The summed E-state index contributed by atoms with van der Waals surface area (Å²) in [6, 6.07) is 12.5. The summed E-state index contributed by atoms with van der Waals surface area (Å²) in [4.78, 5) is 28.5. The molecule has 1 heterocycles. The van der Waals surface area contributed by atoms with Gasteiger partial charge in [-0.05, 0) is 42.0 Å². The first kappa shape index (κ1) is 17.8. The van der Waals surface area contributed by atoms with Crippen LogP contribution in [0.5, 0.6) is 0 Å². The fraction of sp³-hybridized carbons (Fsp3) is 0.105. The second-order valence-corrected chi connectivity index (χ2v) is 6.39. The van der Waals surface area contributed by atoms with E-state index in [-0.39, 0.29) is 5.91 Å². The molecule has 132 valence electrons. The van der Waals surface area contributed by atoms with E-state index in [0.29, 0.717) is 22.5 Å². The monoisotopic (exact) mass is 369 g/mol. The lowest BCUT2D eigenvalue weighted by molar-refractivity contribution is 0.0961. The van der Waals surface area contributed by atoms with E-state index >= 15 is 0 Å². The number of aromatic nitrogens is 1. The van der Waals surface area contributed by atoms with Crippen molar-refractivity contribution in [1.29, 1.82) is 0 Å². The van der Waals surface area contributed by atoms with Crippen LogP contribution in [-0.2, 0) is 6.54 Å². The summed E-state index contributed by atoms with van der Waals surface area (Å²) in [5.41, 5.74) is 1.90. The van der Waals surface area contributed by atoms with Crippen LogP contribution in [0, 0.1) is 5.82 Å². The Kier molecular flexibility index (Phi) is 5.38. The smallest absolute Gasteiger partial charge is 0.279 e. The second-order valence-electron chi connectivity index (χ2n) is 5.51. The lowest BCUT2D eigenvalue weighted by Gasteiger charge is -2.05. The fourth-order valence-corrected chi connectivity index (χ4v) is 3.08. The molecule has 0 fully saturated rings. The van der Waals surface area contributed by atoms with Gasteiger partial charge in [0.05, 0.1) is 0 Å². The summed E-state index contributed by atoms with van der Waals surface area (Å²) in [7, 11) is 1.59. The quantitative estimate of drug-likeness (QED) is 0.769. The van der Waals surface area contributed by atoms with Crippen molar-refractivity contribution in [3.8, 4) is 0 Å². The van der Waals surface area contributed by atoms with Gasteiger partial charge in [-0.15, -0.1) is 11.3 Å². The molecule has 0 spiro atoms. The van der Waals surface area contributed by atoms with E-state index in [2.05, 4.69) is 10.3 Å². The Labute approximate surface area is 153 Å². The maximum absolute atomic E-state index is 13.0. The van der Waals surface area contributed by atoms with Crippen LogP contribution in [0.1, 0.15) is 26.3 Å². The molecular formula is C19H16FN3O2S. The van der Waals surface area contributed by atoms with Gasteiger partial charge in [0.25, 0.3) is 11.8 Å². The van der Waals surface area contributed by atoms with Crippen LogP contribution in [-0.4, -0.2) is 23.4 Å². The Morgan fingerprint density at radius 3 is 2.38 bits per heavy atom. The molecule has 3 rings (SSSR count). The lowest BCUT2D eigenvalue weighted by atomic mass is 10.1. The van der Waals surface area contributed by atoms with Crippen molar-refractivity contribution in [2.75, 3.05) is 7.05 Å². The Hall–Kier alpha value is -3.06. The van der Waals surface area contributed by atoms with Crippen LogP contribution < -0.4 is 10.1 Å². The van der Waals surface area contributed by atoms with Crippen molar-refractivity contribution in [1.82, 2.24) is 9.88 Å². The van der Waals surface area contributed by atoms with Crippen molar-refractivity contribution in [3.05, 3.63) is 87.4 Å². The molecule has 0 saturated carbocycles. The Morgan fingerprint density at radius 1 is 1.08 bits per heavy atom. The molecule has 5 nitrogen and oxygen atoms in total. The molecule has 0 saturated heterocycles. The van der Waals surface area contributed by atoms with Gasteiger partial charge < -0.3 is 9.88 Å². The topological polar surface area (TPSA) is 63.5 Å². The van der Waals surface area contributed by atoms with Gasteiger partial charge in [-0.1, -0.05) is 12.1 Å². The third-order valence-electron chi connectivity index (χ3n) is 3.74. The molecule has 2 aromatic carbocycles. The zero-order valence-corrected chi connectivity index (χ0v) is 14.8. The van der Waals surface area contributed by atoms with Gasteiger partial charge in [-0.3, -0.25) is 9.59 Å². The van der Waals surface area contributed by atoms with Crippen molar-refractivity contribution < 1.29 is 14.0 Å². The van der Waals surface area contributed by atoms with Crippen LogP contribution in [0.4, 0.5) is 4.39 Å². The molecule has 26 heavy (non-hydrogen) atoms. The van der Waals surface area contributed by atoms with Gasteiger partial charge in [-0.25, -0.2) is 4.39 Å². The first-order valence-electron chi connectivity index (χ1n) is 7.86. The molecule has 1 aromatic heterocycles. The average molecular weight is 369 g/mol. The lowest BCUT2D eigenvalue weighted by Crippen LogP contribution is -2.18. The van der Waals surface area contributed by atoms with Crippen molar-refractivity contribution in [2.45, 2.75) is 6.54 Å². The molecule has 3 aromatic rings. The van der Waals surface area contributed by atoms with Crippen LogP contribution in [0.3, 0.4) is 0 Å². The SMILES string of the molecule is CNC(=O)c1ccc(Cn2ccsc2=NC(=O)c2ccc(F)cc2)cc1. The first-order chi connectivity index (χ1) is 12.6. The summed E-state index contributed by atoms with van der Waals surface area (Å²) >= 11 is 1.34. The van der Waals surface area contributed by atoms with Crippen LogP contribution in [0.2, 0.25) is 0 Å². The molecule has 0 bridgehead atoms. The fourth-order valence-electron chi connectivity index (χ4n) is 2.35. The number of rotatable bonds is 4. The van der Waals surface area contributed by atoms with E-state index < -0.39 is 11.7 Å². The standard InChI is InChI=1S/C19H16FN3O2S/c1-21-17(24)14-4-2-13(3-5-14)12-23-10-11-26-19(23)22-18(25)15-6-8-16(20)9-7-15/h2-11H,12H2,1H3,(H,21,24). The highest BCUT2D eigenvalue weighted by atomic mass is 32.1. The molecule has 0 aliphatic heterocycles. The maximum Gasteiger partial charge on any atom is 0.279 e. The zero-order chi connectivity index (χ0) is 18.5. The maximum atomic E-state index is 13.0. The van der Waals surface area contributed by atoms with Crippen LogP contribution in [0.25, 0.3) is 0 Å². The third-order valence-corrected chi connectivity index (χ3v) is 4.54. The summed E-state index contributed by atoms with van der Waals surface area (Å²) in [6.07, 6.45) is 1.84. The van der Waals surface area contributed by atoms with Gasteiger partial charge >= 0.3 is 0 Å². The summed E-state index contributed by atoms with van der Waals surface area (Å²) in [5, 5.41) is 4.42. The number of hydrogen-bond acceptors (Lipinski definition) is 3. The minimum Gasteiger partial charge on any atom is -0.355 e. The van der Waals surface area contributed by atoms with E-state index in [4.69, 9.17) is 0 Å². The summed E-state index contributed by atoms with van der Waals surface area (Å²) in [6.45, 7) is 0.521. The number of amides is 2. The van der Waals surface area contributed by atoms with E-state index in [9.17, 15) is 14.0 Å². The summed E-state index contributed by atoms with van der Waals surface area (Å²) in [5.74, 6) is -0.954. The van der Waals surface area contributed by atoms with Gasteiger partial charge in [0, 0.05) is 36.3 Å². The molecule has 0 atom stereocenters. The van der Waals surface area contributed by atoms with Gasteiger partial charge in [0.2, 0.25) is 0 Å². The summed E-state index contributed by atoms with van der Waals surface area (Å²) < 4.78 is 14.8. The minimum atomic E-state index is -0.420. The zero-order valence-electron chi connectivity index (χ0n) is 14.0. The Balaban J connectivity index is 1.81. The number of benzene rings is 2. The molecule has 0 aliphatic rings. The number of halogens is 1. The van der Waals surface area contributed by atoms with Crippen molar-refractivity contribution in [3.63, 3.8) is 0 Å². The molecular weight excluding hydrogens is 353 g/mol. The van der Waals surface area contributed by atoms with E-state index in [1.165, 1.54) is 35.6 Å². The number of carbonyl (C=O) groups excluding carboxylic acids is 2. The molecule has 0 radical (unpaired) electrons. The predicted molar refractivity (Wildman–Crippen MR) is 97.5 cm³/mol. The highest BCUT2D eigenvalue weighted by molar-refractivity contribution is 7.07. The Morgan fingerprint density at radius 2 is 1.73 bits per heavy atom. The first-order valence-corrected chi connectivity index (χ1v) is 8.74. The highest BCUT2D eigenvalue weighted by Crippen LogP contribution is 2.07. The van der Waals surface area contributed by atoms with E-state index in [1.54, 1.807) is 19.2 Å². The molecule has 1 N–H and O–H groups in total. The molecule has 2 amide bonds. The molecule has 0 aliphatic carbocycles. The third kappa shape index (κ3) is 4.12. The highest BCUT2D eigenvalue weighted by Gasteiger charge is 2.06. The van der Waals surface area contributed by atoms with Crippen molar-refractivity contribution >= 4 is 23.2 Å². The number of nitrogens with one attached hydrogen (secondary N) is 1. The number of carbonyl (C=O) groups is 2. The van der Waals surface area contributed by atoms with Gasteiger partial charge in [0.15, 0.2) is 4.80 Å². The van der Waals surface area contributed by atoms with E-state index in [0.717, 1.165) is 5.56 Å². The predicted octanol–water partition coefficient (Wildman–Crippen LogP) is 2.84. The number of nitrogens with zero attached hydrogens (tertiary/aromatic N) is 2. The molecule has 0 unspecified atom stereocenters. The van der Waals surface area contributed by atoms with E-state index in [1.807, 2.05) is 28.3 Å². The second kappa shape index (κ2) is 7.88. The largest absolute Gasteiger partial charge is 0.355 e. The number of thiazole rings is 1. The van der Waals surface area contributed by atoms with Crippen LogP contribution in [0.15, 0.2) is 65.1 Å². The van der Waals surface area contributed by atoms with Crippen molar-refractivity contribution in [2.24, 2.45) is 4.99 Å². The number of hydrogen-bond donors (Lipinski definition) is 1. The Bertz CT molecular complexity index is 989. The van der Waals surface area contributed by atoms with Crippen LogP contribution >= 0.6 is 11.3 Å². The average Bonchev–Trinajstić information content (AvgIpc) is 3.09. The normalized spacial score (nSPS) is 11.4. The molecule has 7 heteroatoms. The minimum absolute atomic E-state index is 0.139. The van der Waals surface area contributed by atoms with Gasteiger partial charge in [0.1, 0.15) is 5.82 Å².